The van der Waals surface area contributed by atoms with E-state index >= 15 is 0 Å². The first-order valence-electron chi connectivity index (χ1n) is 6.49. The molecule has 2 aromatic rings. The van der Waals surface area contributed by atoms with Crippen LogP contribution in [0.1, 0.15) is 12.5 Å². The van der Waals surface area contributed by atoms with Gasteiger partial charge in [-0.05, 0) is 42.3 Å². The zero-order valence-electron chi connectivity index (χ0n) is 11.4. The van der Waals surface area contributed by atoms with Crippen LogP contribution in [0.3, 0.4) is 0 Å². The maximum atomic E-state index is 13.2. The maximum Gasteiger partial charge on any atom is 0.246 e. The highest BCUT2D eigenvalue weighted by atomic mass is 35.5. The fourth-order valence-corrected chi connectivity index (χ4v) is 2.39. The van der Waals surface area contributed by atoms with Crippen LogP contribution in [-0.4, -0.2) is 11.8 Å². The monoisotopic (exact) mass is 325 g/mol. The van der Waals surface area contributed by atoms with Crippen molar-refractivity contribution in [2.24, 2.45) is 0 Å². The lowest BCUT2D eigenvalue weighted by molar-refractivity contribution is -0.115. The van der Waals surface area contributed by atoms with Crippen LogP contribution in [-0.2, 0) is 11.2 Å². The van der Waals surface area contributed by atoms with Crippen LogP contribution < -0.4 is 4.90 Å². The second kappa shape index (κ2) is 6.92. The molecule has 0 saturated heterocycles. The highest BCUT2D eigenvalue weighted by Gasteiger charge is 2.20. The number of anilines is 2. The largest absolute Gasteiger partial charge is 0.279 e. The third-order valence-corrected chi connectivity index (χ3v) is 3.65. The predicted octanol–water partition coefficient (Wildman–Crippen LogP) is 4.95. The van der Waals surface area contributed by atoms with E-state index in [1.165, 1.54) is 23.1 Å². The van der Waals surface area contributed by atoms with Crippen LogP contribution in [0.2, 0.25) is 5.02 Å². The summed E-state index contributed by atoms with van der Waals surface area (Å²) in [5.74, 6) is -0.971. The van der Waals surface area contributed by atoms with E-state index in [4.69, 9.17) is 23.2 Å². The first kappa shape index (κ1) is 15.8. The molecule has 0 heterocycles. The fourth-order valence-electron chi connectivity index (χ4n) is 2.02. The normalized spacial score (nSPS) is 10.5. The zero-order chi connectivity index (χ0) is 15.4. The van der Waals surface area contributed by atoms with Crippen molar-refractivity contribution >= 4 is 40.5 Å². The van der Waals surface area contributed by atoms with Crippen molar-refractivity contribution in [1.82, 2.24) is 0 Å². The third kappa shape index (κ3) is 3.55. The fraction of sp³-hybridized carbons (Fsp3) is 0.188. The van der Waals surface area contributed by atoms with E-state index in [0.29, 0.717) is 11.4 Å². The number of hydrogen-bond acceptors (Lipinski definition) is 1. The number of aryl methyl sites for hydroxylation is 1. The standard InChI is InChI=1S/C16H14Cl2FNO/c1-2-11-3-6-13(7-4-11)20(16(21)10-17)15-8-5-12(19)9-14(15)18/h3-9H,2,10H2,1H3. The van der Waals surface area contributed by atoms with Crippen LogP contribution in [0.15, 0.2) is 42.5 Å². The highest BCUT2D eigenvalue weighted by Crippen LogP contribution is 2.33. The van der Waals surface area contributed by atoms with E-state index < -0.39 is 5.82 Å². The molecule has 0 aliphatic heterocycles. The smallest absolute Gasteiger partial charge is 0.246 e. The predicted molar refractivity (Wildman–Crippen MR) is 85.1 cm³/mol. The van der Waals surface area contributed by atoms with Gasteiger partial charge >= 0.3 is 0 Å². The number of hydrogen-bond donors (Lipinski definition) is 0. The first-order valence-corrected chi connectivity index (χ1v) is 7.41. The molecule has 0 spiro atoms. The van der Waals surface area contributed by atoms with Gasteiger partial charge in [0.05, 0.1) is 10.7 Å². The number of alkyl halides is 1. The number of benzene rings is 2. The van der Waals surface area contributed by atoms with E-state index in [0.717, 1.165) is 12.0 Å². The average molecular weight is 326 g/mol. The van der Waals surface area contributed by atoms with Gasteiger partial charge in [0.15, 0.2) is 0 Å². The molecule has 2 nitrogen and oxygen atoms in total. The Morgan fingerprint density at radius 1 is 1.19 bits per heavy atom. The summed E-state index contributed by atoms with van der Waals surface area (Å²) in [4.78, 5) is 13.5. The third-order valence-electron chi connectivity index (χ3n) is 3.12. The summed E-state index contributed by atoms with van der Waals surface area (Å²) in [6.07, 6.45) is 0.904. The lowest BCUT2D eigenvalue weighted by Gasteiger charge is -2.23. The van der Waals surface area contributed by atoms with Crippen molar-refractivity contribution in [3.8, 4) is 0 Å². The number of rotatable bonds is 4. The minimum atomic E-state index is -0.455. The van der Waals surface area contributed by atoms with E-state index in [-0.39, 0.29) is 16.8 Å². The molecule has 5 heteroatoms. The van der Waals surface area contributed by atoms with Crippen LogP contribution in [0.25, 0.3) is 0 Å². The van der Waals surface area contributed by atoms with Gasteiger partial charge in [-0.15, -0.1) is 11.6 Å². The van der Waals surface area contributed by atoms with Crippen molar-refractivity contribution in [3.05, 3.63) is 58.9 Å². The second-order valence-electron chi connectivity index (χ2n) is 4.48. The highest BCUT2D eigenvalue weighted by molar-refractivity contribution is 6.35. The van der Waals surface area contributed by atoms with Crippen molar-refractivity contribution in [2.75, 3.05) is 10.8 Å². The van der Waals surface area contributed by atoms with Gasteiger partial charge in [0.1, 0.15) is 11.7 Å². The lowest BCUT2D eigenvalue weighted by Crippen LogP contribution is -2.27. The number of carbonyl (C=O) groups is 1. The van der Waals surface area contributed by atoms with Crippen molar-refractivity contribution in [3.63, 3.8) is 0 Å². The van der Waals surface area contributed by atoms with Crippen LogP contribution in [0.4, 0.5) is 15.8 Å². The molecule has 0 saturated carbocycles. The topological polar surface area (TPSA) is 20.3 Å². The molecule has 0 atom stereocenters. The van der Waals surface area contributed by atoms with E-state index in [1.807, 2.05) is 31.2 Å². The maximum absolute atomic E-state index is 13.2. The Morgan fingerprint density at radius 2 is 1.86 bits per heavy atom. The van der Waals surface area contributed by atoms with Gasteiger partial charge in [-0.1, -0.05) is 30.7 Å². The molecule has 110 valence electrons. The lowest BCUT2D eigenvalue weighted by atomic mass is 10.1. The van der Waals surface area contributed by atoms with Gasteiger partial charge in [0.25, 0.3) is 0 Å². The minimum absolute atomic E-state index is 0.160. The molecule has 0 bridgehead atoms. The average Bonchev–Trinajstić information content (AvgIpc) is 2.50. The Bertz CT molecular complexity index is 643. The Labute approximate surface area is 133 Å². The molecule has 0 aliphatic rings. The molecule has 0 fully saturated rings. The quantitative estimate of drug-likeness (QED) is 0.728. The summed E-state index contributed by atoms with van der Waals surface area (Å²) >= 11 is 11.7. The van der Waals surface area contributed by atoms with E-state index in [9.17, 15) is 9.18 Å². The summed E-state index contributed by atoms with van der Waals surface area (Å²) in [6, 6.07) is 11.4. The molecule has 0 N–H and O–H groups in total. The van der Waals surface area contributed by atoms with Gasteiger partial charge in [-0.25, -0.2) is 4.39 Å². The molecule has 0 aromatic heterocycles. The molecule has 1 amide bonds. The van der Waals surface area contributed by atoms with Crippen molar-refractivity contribution < 1.29 is 9.18 Å². The molecular formula is C16H14Cl2FNO. The zero-order valence-corrected chi connectivity index (χ0v) is 13.0. The van der Waals surface area contributed by atoms with Gasteiger partial charge in [-0.3, -0.25) is 9.69 Å². The number of nitrogens with zero attached hydrogens (tertiary/aromatic N) is 1. The summed E-state index contributed by atoms with van der Waals surface area (Å²) in [5, 5.41) is 0.160. The Balaban J connectivity index is 2.49. The SMILES string of the molecule is CCc1ccc(N(C(=O)CCl)c2ccc(F)cc2Cl)cc1. The second-order valence-corrected chi connectivity index (χ2v) is 5.15. The molecule has 0 unspecified atom stereocenters. The molecule has 2 rings (SSSR count). The van der Waals surface area contributed by atoms with Gasteiger partial charge in [0.2, 0.25) is 5.91 Å². The molecule has 0 radical (unpaired) electrons. The Hall–Kier alpha value is -1.58. The number of halogens is 3. The summed E-state index contributed by atoms with van der Waals surface area (Å²) in [7, 11) is 0. The van der Waals surface area contributed by atoms with Crippen LogP contribution in [0, 0.1) is 5.82 Å². The van der Waals surface area contributed by atoms with Crippen molar-refractivity contribution in [2.45, 2.75) is 13.3 Å². The first-order chi connectivity index (χ1) is 10.1. The minimum Gasteiger partial charge on any atom is -0.279 e. The number of amides is 1. The van der Waals surface area contributed by atoms with Gasteiger partial charge in [-0.2, -0.15) is 0 Å². The summed E-state index contributed by atoms with van der Waals surface area (Å²) < 4.78 is 13.2. The molecule has 2 aromatic carbocycles. The molecule has 0 aliphatic carbocycles. The van der Waals surface area contributed by atoms with Gasteiger partial charge in [0, 0.05) is 5.69 Å². The van der Waals surface area contributed by atoms with E-state index in [2.05, 4.69) is 0 Å². The van der Waals surface area contributed by atoms with Crippen LogP contribution >= 0.6 is 23.2 Å². The molecule has 21 heavy (non-hydrogen) atoms. The summed E-state index contributed by atoms with van der Waals surface area (Å²) in [5.41, 5.74) is 2.21. The Kier molecular flexibility index (Phi) is 5.21. The van der Waals surface area contributed by atoms with Crippen molar-refractivity contribution in [1.29, 1.82) is 0 Å². The van der Waals surface area contributed by atoms with E-state index in [1.54, 1.807) is 0 Å². The molecular weight excluding hydrogens is 312 g/mol. The van der Waals surface area contributed by atoms with Crippen LogP contribution in [0.5, 0.6) is 0 Å². The number of carbonyl (C=O) groups excluding carboxylic acids is 1. The van der Waals surface area contributed by atoms with Gasteiger partial charge < -0.3 is 0 Å². The Morgan fingerprint density at radius 3 is 2.38 bits per heavy atom. The summed E-state index contributed by atoms with van der Waals surface area (Å²) in [6.45, 7) is 2.05.